The molecule has 0 saturated heterocycles. The summed E-state index contributed by atoms with van der Waals surface area (Å²) in [6.45, 7) is 14.3. The summed E-state index contributed by atoms with van der Waals surface area (Å²) >= 11 is 4.13. The molecule has 0 atom stereocenters. The molecule has 3 nitrogen and oxygen atoms in total. The average molecular weight is 372 g/mol. The van der Waals surface area contributed by atoms with Crippen molar-refractivity contribution in [3.05, 3.63) is 57.9 Å². The van der Waals surface area contributed by atoms with Crippen LogP contribution in [0.15, 0.2) is 24.4 Å². The van der Waals surface area contributed by atoms with Crippen molar-refractivity contribution in [2.45, 2.75) is 65.7 Å². The van der Waals surface area contributed by atoms with Crippen LogP contribution >= 0.6 is 12.6 Å². The molecular formula is C22H29NO2S. The monoisotopic (exact) mass is 371 g/mol. The molecule has 0 amide bonds. The molecule has 0 unspecified atom stereocenters. The highest BCUT2D eigenvalue weighted by atomic mass is 32.1. The molecule has 0 spiro atoms. The second-order valence-electron chi connectivity index (χ2n) is 8.92. The number of pyridine rings is 1. The third-order valence-corrected chi connectivity index (χ3v) is 4.90. The van der Waals surface area contributed by atoms with Crippen molar-refractivity contribution < 1.29 is 9.90 Å². The molecule has 140 valence electrons. The van der Waals surface area contributed by atoms with Crippen LogP contribution in [0.2, 0.25) is 0 Å². The third kappa shape index (κ3) is 4.12. The largest absolute Gasteiger partial charge is 0.507 e. The molecule has 0 saturated carbocycles. The molecule has 1 aromatic heterocycles. The van der Waals surface area contributed by atoms with Crippen LogP contribution in [-0.2, 0) is 17.3 Å². The predicted octanol–water partition coefficient (Wildman–Crippen LogP) is 5.35. The number of benzene rings is 1. The molecule has 1 aromatic carbocycles. The third-order valence-electron chi connectivity index (χ3n) is 4.66. The molecule has 4 heteroatoms. The van der Waals surface area contributed by atoms with Crippen LogP contribution in [0.5, 0.6) is 5.75 Å². The first-order valence-corrected chi connectivity index (χ1v) is 9.32. The minimum Gasteiger partial charge on any atom is -0.507 e. The molecule has 2 aromatic rings. The number of hydrogen-bond donors (Lipinski definition) is 2. The van der Waals surface area contributed by atoms with Gasteiger partial charge in [0.05, 0.1) is 0 Å². The standard InChI is InChI=1S/C22H29NO2S/c1-13-9-8-10-23-17(13)12-14-15(20(25)26)11-16(21(2,3)4)19(24)18(14)22(5,6)7/h8-11,24H,12H2,1-7H3,(H,25,26). The van der Waals surface area contributed by atoms with Crippen LogP contribution in [0.3, 0.4) is 0 Å². The Balaban J connectivity index is 2.86. The van der Waals surface area contributed by atoms with Gasteiger partial charge in [-0.2, -0.15) is 0 Å². The number of aryl methyl sites for hydroxylation is 1. The Hall–Kier alpha value is -1.81. The van der Waals surface area contributed by atoms with Gasteiger partial charge in [0.2, 0.25) is 5.12 Å². The first-order valence-electron chi connectivity index (χ1n) is 8.87. The second kappa shape index (κ2) is 7.07. The smallest absolute Gasteiger partial charge is 0.216 e. The lowest BCUT2D eigenvalue weighted by Gasteiger charge is -2.31. The van der Waals surface area contributed by atoms with Gasteiger partial charge in [-0.25, -0.2) is 0 Å². The molecule has 0 aliphatic carbocycles. The lowest BCUT2D eigenvalue weighted by atomic mass is 9.75. The van der Waals surface area contributed by atoms with E-state index in [4.69, 9.17) is 0 Å². The fourth-order valence-corrected chi connectivity index (χ4v) is 3.54. The average Bonchev–Trinajstić information content (AvgIpc) is 2.46. The number of rotatable bonds is 3. The Kier molecular flexibility index (Phi) is 5.57. The second-order valence-corrected chi connectivity index (χ2v) is 9.33. The van der Waals surface area contributed by atoms with E-state index in [1.165, 1.54) is 0 Å². The highest BCUT2D eigenvalue weighted by Crippen LogP contribution is 2.43. The van der Waals surface area contributed by atoms with Gasteiger partial charge in [0, 0.05) is 35.0 Å². The van der Waals surface area contributed by atoms with Crippen molar-refractivity contribution >= 4 is 17.7 Å². The van der Waals surface area contributed by atoms with Gasteiger partial charge in [0.15, 0.2) is 0 Å². The van der Waals surface area contributed by atoms with Gasteiger partial charge in [-0.15, -0.1) is 12.6 Å². The summed E-state index contributed by atoms with van der Waals surface area (Å²) in [5, 5.41) is 10.9. The number of aromatic nitrogens is 1. The summed E-state index contributed by atoms with van der Waals surface area (Å²) < 4.78 is 0. The predicted molar refractivity (Wildman–Crippen MR) is 111 cm³/mol. The number of phenolic OH excluding ortho intramolecular Hbond substituents is 1. The van der Waals surface area contributed by atoms with Crippen molar-refractivity contribution in [3.63, 3.8) is 0 Å². The van der Waals surface area contributed by atoms with E-state index in [1.807, 2.05) is 39.8 Å². The number of aromatic hydroxyl groups is 1. The maximum absolute atomic E-state index is 12.4. The maximum atomic E-state index is 12.4. The van der Waals surface area contributed by atoms with E-state index in [2.05, 4.69) is 38.4 Å². The van der Waals surface area contributed by atoms with Gasteiger partial charge in [0.25, 0.3) is 0 Å². The van der Waals surface area contributed by atoms with E-state index < -0.39 is 0 Å². The summed E-state index contributed by atoms with van der Waals surface area (Å²) in [6, 6.07) is 5.70. The van der Waals surface area contributed by atoms with Crippen LogP contribution in [0, 0.1) is 6.92 Å². The summed E-state index contributed by atoms with van der Waals surface area (Å²) in [5.41, 5.74) is 4.26. The first-order chi connectivity index (χ1) is 11.8. The van der Waals surface area contributed by atoms with Gasteiger partial charge in [-0.3, -0.25) is 9.78 Å². The fraction of sp³-hybridized carbons (Fsp3) is 0.455. The van der Waals surface area contributed by atoms with E-state index in [9.17, 15) is 9.90 Å². The van der Waals surface area contributed by atoms with Gasteiger partial charge in [0.1, 0.15) is 5.75 Å². The van der Waals surface area contributed by atoms with Crippen molar-refractivity contribution in [2.24, 2.45) is 0 Å². The lowest BCUT2D eigenvalue weighted by Crippen LogP contribution is -2.22. The topological polar surface area (TPSA) is 50.2 Å². The lowest BCUT2D eigenvalue weighted by molar-refractivity contribution is 0.109. The minimum atomic E-state index is -0.332. The Labute approximate surface area is 162 Å². The molecule has 0 bridgehead atoms. The van der Waals surface area contributed by atoms with Crippen LogP contribution in [0.25, 0.3) is 0 Å². The Morgan fingerprint density at radius 3 is 2.23 bits per heavy atom. The van der Waals surface area contributed by atoms with E-state index >= 15 is 0 Å². The molecule has 26 heavy (non-hydrogen) atoms. The molecule has 2 rings (SSSR count). The minimum absolute atomic E-state index is 0.270. The van der Waals surface area contributed by atoms with Crippen LogP contribution in [0.4, 0.5) is 0 Å². The molecule has 0 radical (unpaired) electrons. The van der Waals surface area contributed by atoms with E-state index in [0.717, 1.165) is 27.9 Å². The summed E-state index contributed by atoms with van der Waals surface area (Å²) in [7, 11) is 0. The molecule has 0 aliphatic heterocycles. The zero-order valence-electron chi connectivity index (χ0n) is 16.8. The highest BCUT2D eigenvalue weighted by Gasteiger charge is 2.31. The quantitative estimate of drug-likeness (QED) is 0.715. The molecule has 1 heterocycles. The van der Waals surface area contributed by atoms with Crippen molar-refractivity contribution in [1.29, 1.82) is 0 Å². The van der Waals surface area contributed by atoms with Gasteiger partial charge in [-0.05, 0) is 41.0 Å². The number of carbonyl (C=O) groups excluding carboxylic acids is 1. The molecule has 0 aliphatic rings. The van der Waals surface area contributed by atoms with E-state index in [1.54, 1.807) is 12.3 Å². The Bertz CT molecular complexity index is 842. The van der Waals surface area contributed by atoms with Crippen molar-refractivity contribution in [2.75, 3.05) is 0 Å². The molecule has 1 N–H and O–H groups in total. The van der Waals surface area contributed by atoms with Gasteiger partial charge in [-0.1, -0.05) is 47.6 Å². The van der Waals surface area contributed by atoms with Crippen molar-refractivity contribution in [3.8, 4) is 5.75 Å². The number of phenols is 1. The Morgan fingerprint density at radius 1 is 1.15 bits per heavy atom. The highest BCUT2D eigenvalue weighted by molar-refractivity contribution is 7.97. The van der Waals surface area contributed by atoms with Crippen molar-refractivity contribution in [1.82, 2.24) is 4.98 Å². The van der Waals surface area contributed by atoms with Crippen LogP contribution in [0.1, 0.15) is 79.8 Å². The molecule has 0 fully saturated rings. The number of thiol groups is 1. The maximum Gasteiger partial charge on any atom is 0.216 e. The van der Waals surface area contributed by atoms with Crippen LogP contribution < -0.4 is 0 Å². The first kappa shape index (κ1) is 20.5. The van der Waals surface area contributed by atoms with Gasteiger partial charge >= 0.3 is 0 Å². The van der Waals surface area contributed by atoms with E-state index in [-0.39, 0.29) is 21.7 Å². The normalized spacial score (nSPS) is 12.3. The van der Waals surface area contributed by atoms with E-state index in [0.29, 0.717) is 12.0 Å². The summed E-state index contributed by atoms with van der Waals surface area (Å²) in [5.74, 6) is 0.270. The fourth-order valence-electron chi connectivity index (χ4n) is 3.34. The summed E-state index contributed by atoms with van der Waals surface area (Å²) in [4.78, 5) is 16.9. The number of nitrogens with zero attached hydrogens (tertiary/aromatic N) is 1. The number of carbonyl (C=O) groups is 1. The summed E-state index contributed by atoms with van der Waals surface area (Å²) in [6.07, 6.45) is 2.24. The zero-order valence-corrected chi connectivity index (χ0v) is 17.7. The zero-order chi connectivity index (χ0) is 19.9. The number of hydrogen-bond acceptors (Lipinski definition) is 3. The van der Waals surface area contributed by atoms with Gasteiger partial charge < -0.3 is 5.11 Å². The van der Waals surface area contributed by atoms with Crippen LogP contribution in [-0.4, -0.2) is 15.2 Å². The Morgan fingerprint density at radius 2 is 1.77 bits per heavy atom. The molecular weight excluding hydrogens is 342 g/mol. The SMILES string of the molecule is Cc1cccnc1Cc1c(C(=O)S)cc(C(C)(C)C)c(O)c1C(C)(C)C.